The van der Waals surface area contributed by atoms with Crippen LogP contribution in [0.3, 0.4) is 0 Å². The molecular formula is C14H14F2N2O2S. The summed E-state index contributed by atoms with van der Waals surface area (Å²) in [5.74, 6) is -1.07. The molecular weight excluding hydrogens is 298 g/mol. The zero-order chi connectivity index (χ0) is 15.5. The maximum atomic E-state index is 13.6. The molecule has 0 bridgehead atoms. The summed E-state index contributed by atoms with van der Waals surface area (Å²) in [5.41, 5.74) is 5.92. The van der Waals surface area contributed by atoms with Gasteiger partial charge in [0.15, 0.2) is 0 Å². The van der Waals surface area contributed by atoms with Crippen molar-refractivity contribution in [3.8, 4) is 0 Å². The van der Waals surface area contributed by atoms with Crippen molar-refractivity contribution in [1.82, 2.24) is 4.72 Å². The van der Waals surface area contributed by atoms with Gasteiger partial charge in [0.25, 0.3) is 0 Å². The predicted octanol–water partition coefficient (Wildman–Crippen LogP) is 1.90. The molecule has 0 amide bonds. The van der Waals surface area contributed by atoms with Gasteiger partial charge in [-0.15, -0.1) is 0 Å². The van der Waals surface area contributed by atoms with E-state index in [0.717, 1.165) is 6.07 Å². The second-order valence-electron chi connectivity index (χ2n) is 4.37. The molecule has 0 saturated carbocycles. The summed E-state index contributed by atoms with van der Waals surface area (Å²) in [6.07, 6.45) is 0. The quantitative estimate of drug-likeness (QED) is 0.886. The van der Waals surface area contributed by atoms with Gasteiger partial charge in [0.1, 0.15) is 11.6 Å². The van der Waals surface area contributed by atoms with Crippen LogP contribution >= 0.6 is 0 Å². The maximum Gasteiger partial charge on any atom is 0.241 e. The second-order valence-corrected chi connectivity index (χ2v) is 6.11. The van der Waals surface area contributed by atoms with Crippen LogP contribution in [0.15, 0.2) is 47.4 Å². The largest absolute Gasteiger partial charge is 0.326 e. The summed E-state index contributed by atoms with van der Waals surface area (Å²) < 4.78 is 53.1. The van der Waals surface area contributed by atoms with Gasteiger partial charge in [-0.25, -0.2) is 21.9 Å². The lowest BCUT2D eigenvalue weighted by molar-refractivity contribution is 0.571. The van der Waals surface area contributed by atoms with Crippen LogP contribution in [-0.4, -0.2) is 8.42 Å². The third-order valence-corrected chi connectivity index (χ3v) is 4.43. The van der Waals surface area contributed by atoms with Crippen molar-refractivity contribution in [2.24, 2.45) is 5.73 Å². The van der Waals surface area contributed by atoms with Crippen molar-refractivity contribution in [1.29, 1.82) is 0 Å². The molecule has 3 N–H and O–H groups in total. The van der Waals surface area contributed by atoms with Gasteiger partial charge in [-0.1, -0.05) is 18.2 Å². The van der Waals surface area contributed by atoms with Gasteiger partial charge in [0.05, 0.1) is 4.90 Å². The van der Waals surface area contributed by atoms with Crippen molar-refractivity contribution >= 4 is 10.0 Å². The summed E-state index contributed by atoms with van der Waals surface area (Å²) in [7, 11) is -3.90. The number of hydrogen-bond acceptors (Lipinski definition) is 3. The molecule has 0 heterocycles. The smallest absolute Gasteiger partial charge is 0.241 e. The van der Waals surface area contributed by atoms with Crippen LogP contribution in [0.2, 0.25) is 0 Å². The van der Waals surface area contributed by atoms with E-state index in [1.54, 1.807) is 0 Å². The molecule has 0 fully saturated rings. The molecule has 0 unspecified atom stereocenters. The first-order valence-electron chi connectivity index (χ1n) is 6.15. The molecule has 0 saturated heterocycles. The Bertz CT molecular complexity index is 731. The van der Waals surface area contributed by atoms with Crippen LogP contribution in [0.25, 0.3) is 0 Å². The highest BCUT2D eigenvalue weighted by atomic mass is 32.2. The molecule has 0 atom stereocenters. The Labute approximate surface area is 121 Å². The summed E-state index contributed by atoms with van der Waals surface area (Å²) in [4.78, 5) is -0.188. The van der Waals surface area contributed by atoms with E-state index in [4.69, 9.17) is 5.73 Å². The first-order valence-corrected chi connectivity index (χ1v) is 7.64. The van der Waals surface area contributed by atoms with E-state index >= 15 is 0 Å². The molecule has 2 aromatic rings. The molecule has 4 nitrogen and oxygen atoms in total. The minimum Gasteiger partial charge on any atom is -0.326 e. The lowest BCUT2D eigenvalue weighted by Gasteiger charge is -2.11. The number of sulfonamides is 1. The number of hydrogen-bond donors (Lipinski definition) is 2. The fraction of sp³-hybridized carbons (Fsp3) is 0.143. The molecule has 0 aliphatic heterocycles. The highest BCUT2D eigenvalue weighted by molar-refractivity contribution is 7.89. The van der Waals surface area contributed by atoms with Crippen LogP contribution in [-0.2, 0) is 23.1 Å². The van der Waals surface area contributed by atoms with Crippen molar-refractivity contribution in [2.75, 3.05) is 0 Å². The summed E-state index contributed by atoms with van der Waals surface area (Å²) in [6, 6.07) is 9.15. The Morgan fingerprint density at radius 2 is 1.71 bits per heavy atom. The molecule has 0 aromatic heterocycles. The second kappa shape index (κ2) is 6.30. The van der Waals surface area contributed by atoms with Crippen molar-refractivity contribution in [2.45, 2.75) is 18.0 Å². The Balaban J connectivity index is 2.23. The topological polar surface area (TPSA) is 72.2 Å². The number of nitrogens with one attached hydrogen (secondary N) is 1. The van der Waals surface area contributed by atoms with Gasteiger partial charge in [0, 0.05) is 18.7 Å². The Morgan fingerprint density at radius 1 is 1.05 bits per heavy atom. The lowest BCUT2D eigenvalue weighted by Crippen LogP contribution is -2.25. The van der Waals surface area contributed by atoms with Gasteiger partial charge in [0.2, 0.25) is 10.0 Å². The molecule has 112 valence electrons. The van der Waals surface area contributed by atoms with Crippen molar-refractivity contribution in [3.63, 3.8) is 0 Å². The molecule has 0 spiro atoms. The van der Waals surface area contributed by atoms with Gasteiger partial charge < -0.3 is 5.73 Å². The van der Waals surface area contributed by atoms with E-state index in [2.05, 4.69) is 4.72 Å². The van der Waals surface area contributed by atoms with E-state index in [9.17, 15) is 17.2 Å². The van der Waals surface area contributed by atoms with Crippen LogP contribution in [0, 0.1) is 11.6 Å². The third-order valence-electron chi connectivity index (χ3n) is 2.95. The summed E-state index contributed by atoms with van der Waals surface area (Å²) >= 11 is 0. The maximum absolute atomic E-state index is 13.6. The van der Waals surface area contributed by atoms with Gasteiger partial charge >= 0.3 is 0 Å². The SMILES string of the molecule is NCc1c(F)cccc1S(=O)(=O)NCc1ccc(F)cc1. The fourth-order valence-electron chi connectivity index (χ4n) is 1.85. The number of halogens is 2. The molecule has 0 aliphatic rings. The van der Waals surface area contributed by atoms with E-state index in [1.807, 2.05) is 0 Å². The van der Waals surface area contributed by atoms with E-state index in [1.165, 1.54) is 36.4 Å². The van der Waals surface area contributed by atoms with Gasteiger partial charge in [-0.05, 0) is 29.8 Å². The number of benzene rings is 2. The molecule has 2 aromatic carbocycles. The van der Waals surface area contributed by atoms with Crippen molar-refractivity contribution < 1.29 is 17.2 Å². The number of rotatable bonds is 5. The molecule has 7 heteroatoms. The molecule has 2 rings (SSSR count). The molecule has 21 heavy (non-hydrogen) atoms. The average molecular weight is 312 g/mol. The van der Waals surface area contributed by atoms with Crippen LogP contribution in [0.1, 0.15) is 11.1 Å². The zero-order valence-corrected chi connectivity index (χ0v) is 11.8. The third kappa shape index (κ3) is 3.63. The first-order chi connectivity index (χ1) is 9.94. The van der Waals surface area contributed by atoms with Crippen LogP contribution in [0.5, 0.6) is 0 Å². The lowest BCUT2D eigenvalue weighted by atomic mass is 10.2. The van der Waals surface area contributed by atoms with E-state index < -0.39 is 21.7 Å². The Kier molecular flexibility index (Phi) is 4.66. The first kappa shape index (κ1) is 15.6. The standard InChI is InChI=1S/C14H14F2N2O2S/c15-11-6-4-10(5-7-11)9-18-21(19,20)14-3-1-2-13(16)12(14)8-17/h1-7,18H,8-9,17H2. The summed E-state index contributed by atoms with van der Waals surface area (Å²) in [6.45, 7) is -0.247. The highest BCUT2D eigenvalue weighted by Crippen LogP contribution is 2.18. The monoisotopic (exact) mass is 312 g/mol. The fourth-order valence-corrected chi connectivity index (χ4v) is 3.12. The summed E-state index contributed by atoms with van der Waals surface area (Å²) in [5, 5.41) is 0. The van der Waals surface area contributed by atoms with E-state index in [0.29, 0.717) is 5.56 Å². The zero-order valence-electron chi connectivity index (χ0n) is 11.0. The number of nitrogens with two attached hydrogens (primary N) is 1. The van der Waals surface area contributed by atoms with Crippen LogP contribution < -0.4 is 10.5 Å². The Hall–Kier alpha value is -1.83. The molecule has 0 aliphatic carbocycles. The average Bonchev–Trinajstić information content (AvgIpc) is 2.46. The van der Waals surface area contributed by atoms with Gasteiger partial charge in [-0.3, -0.25) is 0 Å². The Morgan fingerprint density at radius 3 is 2.33 bits per heavy atom. The van der Waals surface area contributed by atoms with Crippen molar-refractivity contribution in [3.05, 3.63) is 65.2 Å². The normalized spacial score (nSPS) is 11.6. The van der Waals surface area contributed by atoms with Gasteiger partial charge in [-0.2, -0.15) is 0 Å². The van der Waals surface area contributed by atoms with E-state index in [-0.39, 0.29) is 23.5 Å². The highest BCUT2D eigenvalue weighted by Gasteiger charge is 2.19. The molecule has 0 radical (unpaired) electrons. The predicted molar refractivity (Wildman–Crippen MR) is 74.7 cm³/mol. The van der Waals surface area contributed by atoms with Crippen LogP contribution in [0.4, 0.5) is 8.78 Å². The minimum absolute atomic E-state index is 0.0247. The minimum atomic E-state index is -3.90.